The van der Waals surface area contributed by atoms with Crippen molar-refractivity contribution in [3.63, 3.8) is 0 Å². The lowest BCUT2D eigenvalue weighted by molar-refractivity contribution is 0.184. The number of nitrogens with one attached hydrogen (secondary N) is 1. The maximum atomic E-state index is 5.41. The van der Waals surface area contributed by atoms with Gasteiger partial charge < -0.3 is 10.1 Å². The minimum Gasteiger partial charge on any atom is -0.381 e. The fourth-order valence-electron chi connectivity index (χ4n) is 2.60. The largest absolute Gasteiger partial charge is 0.381 e. The molecule has 1 aromatic rings. The highest BCUT2D eigenvalue weighted by Crippen LogP contribution is 2.19. The molecule has 0 amide bonds. The van der Waals surface area contributed by atoms with Gasteiger partial charge in [-0.1, -0.05) is 38.1 Å². The molecule has 1 heterocycles. The standard InChI is InChI=1S/C17H27NO/c1-13(2)16-4-6-17(7-5-16)14(3)18-10-8-15-9-11-19-12-15/h4-7,13-15,18H,8-12H2,1-3H3. The third-order valence-electron chi connectivity index (χ3n) is 4.13. The van der Waals surface area contributed by atoms with E-state index in [0.717, 1.165) is 25.7 Å². The fraction of sp³-hybridized carbons (Fsp3) is 0.647. The molecule has 19 heavy (non-hydrogen) atoms. The van der Waals surface area contributed by atoms with Crippen LogP contribution in [0.25, 0.3) is 0 Å². The van der Waals surface area contributed by atoms with Crippen LogP contribution in [0.5, 0.6) is 0 Å². The predicted molar refractivity (Wildman–Crippen MR) is 80.5 cm³/mol. The molecule has 0 bridgehead atoms. The van der Waals surface area contributed by atoms with Crippen molar-refractivity contribution in [2.45, 2.75) is 45.6 Å². The lowest BCUT2D eigenvalue weighted by atomic mass is 9.99. The molecule has 1 aliphatic rings. The zero-order chi connectivity index (χ0) is 13.7. The van der Waals surface area contributed by atoms with E-state index in [1.807, 2.05) is 0 Å². The Hall–Kier alpha value is -0.860. The summed E-state index contributed by atoms with van der Waals surface area (Å²) in [7, 11) is 0. The molecule has 0 radical (unpaired) electrons. The van der Waals surface area contributed by atoms with Gasteiger partial charge in [-0.05, 0) is 49.3 Å². The molecule has 0 aromatic heterocycles. The lowest BCUT2D eigenvalue weighted by Crippen LogP contribution is -2.22. The smallest absolute Gasteiger partial charge is 0.0495 e. The van der Waals surface area contributed by atoms with Gasteiger partial charge in [0.1, 0.15) is 0 Å². The second-order valence-electron chi connectivity index (χ2n) is 6.02. The number of benzene rings is 1. The lowest BCUT2D eigenvalue weighted by Gasteiger charge is -2.16. The van der Waals surface area contributed by atoms with Gasteiger partial charge in [0.15, 0.2) is 0 Å². The van der Waals surface area contributed by atoms with E-state index in [9.17, 15) is 0 Å². The first kappa shape index (κ1) is 14.5. The molecule has 1 saturated heterocycles. The zero-order valence-corrected chi connectivity index (χ0v) is 12.5. The highest BCUT2D eigenvalue weighted by atomic mass is 16.5. The first-order chi connectivity index (χ1) is 9.16. The Bertz CT molecular complexity index is 365. The second-order valence-corrected chi connectivity index (χ2v) is 6.02. The van der Waals surface area contributed by atoms with Crippen LogP contribution in [-0.4, -0.2) is 19.8 Å². The van der Waals surface area contributed by atoms with Crippen molar-refractivity contribution in [3.8, 4) is 0 Å². The average molecular weight is 261 g/mol. The molecule has 1 aliphatic heterocycles. The van der Waals surface area contributed by atoms with Gasteiger partial charge in [0.2, 0.25) is 0 Å². The van der Waals surface area contributed by atoms with Crippen LogP contribution in [0.2, 0.25) is 0 Å². The van der Waals surface area contributed by atoms with Crippen LogP contribution in [0.1, 0.15) is 56.7 Å². The van der Waals surface area contributed by atoms with E-state index < -0.39 is 0 Å². The van der Waals surface area contributed by atoms with Gasteiger partial charge in [0.25, 0.3) is 0 Å². The van der Waals surface area contributed by atoms with Crippen LogP contribution >= 0.6 is 0 Å². The van der Waals surface area contributed by atoms with Crippen LogP contribution < -0.4 is 5.32 Å². The SMILES string of the molecule is CC(C)c1ccc(C(C)NCCC2CCOC2)cc1. The molecule has 1 fully saturated rings. The normalized spacial score (nSPS) is 20.9. The van der Waals surface area contributed by atoms with E-state index in [4.69, 9.17) is 4.74 Å². The van der Waals surface area contributed by atoms with Crippen LogP contribution in [0, 0.1) is 5.92 Å². The van der Waals surface area contributed by atoms with E-state index in [-0.39, 0.29) is 0 Å². The fourth-order valence-corrected chi connectivity index (χ4v) is 2.60. The van der Waals surface area contributed by atoms with Crippen LogP contribution in [0.4, 0.5) is 0 Å². The predicted octanol–water partition coefficient (Wildman–Crippen LogP) is 3.89. The number of hydrogen-bond acceptors (Lipinski definition) is 2. The monoisotopic (exact) mass is 261 g/mol. The molecule has 0 aliphatic carbocycles. The van der Waals surface area contributed by atoms with Crippen LogP contribution in [0.3, 0.4) is 0 Å². The Kier molecular flexibility index (Phi) is 5.41. The summed E-state index contributed by atoms with van der Waals surface area (Å²) in [4.78, 5) is 0. The van der Waals surface area contributed by atoms with Crippen LogP contribution in [-0.2, 0) is 4.74 Å². The molecule has 0 saturated carbocycles. The van der Waals surface area contributed by atoms with Crippen LogP contribution in [0.15, 0.2) is 24.3 Å². The summed E-state index contributed by atoms with van der Waals surface area (Å²) in [6, 6.07) is 9.45. The van der Waals surface area contributed by atoms with Crippen molar-refractivity contribution in [3.05, 3.63) is 35.4 Å². The van der Waals surface area contributed by atoms with Crippen molar-refractivity contribution in [1.82, 2.24) is 5.32 Å². The van der Waals surface area contributed by atoms with E-state index in [1.165, 1.54) is 24.0 Å². The maximum absolute atomic E-state index is 5.41. The Morgan fingerprint density at radius 2 is 1.84 bits per heavy atom. The highest BCUT2D eigenvalue weighted by molar-refractivity contribution is 5.26. The molecule has 1 N–H and O–H groups in total. The van der Waals surface area contributed by atoms with Crippen molar-refractivity contribution in [2.75, 3.05) is 19.8 Å². The summed E-state index contributed by atoms with van der Waals surface area (Å²) in [6.07, 6.45) is 2.47. The van der Waals surface area contributed by atoms with E-state index in [2.05, 4.69) is 50.4 Å². The third-order valence-corrected chi connectivity index (χ3v) is 4.13. The first-order valence-corrected chi connectivity index (χ1v) is 7.58. The van der Waals surface area contributed by atoms with E-state index in [1.54, 1.807) is 0 Å². The zero-order valence-electron chi connectivity index (χ0n) is 12.5. The Labute approximate surface area is 117 Å². The maximum Gasteiger partial charge on any atom is 0.0495 e. The summed E-state index contributed by atoms with van der Waals surface area (Å²) in [5.41, 5.74) is 2.80. The Morgan fingerprint density at radius 1 is 1.16 bits per heavy atom. The van der Waals surface area contributed by atoms with Gasteiger partial charge in [-0.2, -0.15) is 0 Å². The molecule has 2 atom stereocenters. The van der Waals surface area contributed by atoms with Crippen molar-refractivity contribution in [2.24, 2.45) is 5.92 Å². The van der Waals surface area contributed by atoms with Crippen molar-refractivity contribution in [1.29, 1.82) is 0 Å². The molecule has 2 nitrogen and oxygen atoms in total. The van der Waals surface area contributed by atoms with Gasteiger partial charge in [0.05, 0.1) is 0 Å². The molecule has 106 valence electrons. The minimum absolute atomic E-state index is 0.434. The van der Waals surface area contributed by atoms with Gasteiger partial charge >= 0.3 is 0 Å². The summed E-state index contributed by atoms with van der Waals surface area (Å²) >= 11 is 0. The summed E-state index contributed by atoms with van der Waals surface area (Å²) in [5, 5.41) is 3.62. The summed E-state index contributed by atoms with van der Waals surface area (Å²) < 4.78 is 5.41. The number of hydrogen-bond donors (Lipinski definition) is 1. The van der Waals surface area contributed by atoms with Crippen molar-refractivity contribution < 1.29 is 4.74 Å². The van der Waals surface area contributed by atoms with Gasteiger partial charge in [-0.15, -0.1) is 0 Å². The first-order valence-electron chi connectivity index (χ1n) is 7.58. The highest BCUT2D eigenvalue weighted by Gasteiger charge is 2.15. The molecular weight excluding hydrogens is 234 g/mol. The Balaban J connectivity index is 1.76. The summed E-state index contributed by atoms with van der Waals surface area (Å²) in [5.74, 6) is 1.38. The molecule has 1 aromatic carbocycles. The average Bonchev–Trinajstić information content (AvgIpc) is 2.92. The van der Waals surface area contributed by atoms with Gasteiger partial charge in [-0.3, -0.25) is 0 Å². The quantitative estimate of drug-likeness (QED) is 0.839. The van der Waals surface area contributed by atoms with Crippen molar-refractivity contribution >= 4 is 0 Å². The topological polar surface area (TPSA) is 21.3 Å². The van der Waals surface area contributed by atoms with E-state index in [0.29, 0.717) is 12.0 Å². The molecule has 2 heteroatoms. The van der Waals surface area contributed by atoms with Gasteiger partial charge in [-0.25, -0.2) is 0 Å². The molecule has 0 spiro atoms. The molecular formula is C17H27NO. The minimum atomic E-state index is 0.434. The summed E-state index contributed by atoms with van der Waals surface area (Å²) in [6.45, 7) is 9.72. The second kappa shape index (κ2) is 7.06. The number of ether oxygens (including phenoxy) is 1. The van der Waals surface area contributed by atoms with E-state index >= 15 is 0 Å². The molecule has 2 unspecified atom stereocenters. The molecule has 2 rings (SSSR count). The Morgan fingerprint density at radius 3 is 2.42 bits per heavy atom. The number of rotatable bonds is 6. The third kappa shape index (κ3) is 4.32. The van der Waals surface area contributed by atoms with Gasteiger partial charge in [0, 0.05) is 19.3 Å².